The highest BCUT2D eigenvalue weighted by molar-refractivity contribution is 4.68. The summed E-state index contributed by atoms with van der Waals surface area (Å²) in [5, 5.41) is 0. The minimum absolute atomic E-state index is 0. The Hall–Kier alpha value is -0.260. The van der Waals surface area contributed by atoms with Gasteiger partial charge in [0.1, 0.15) is 0 Å². The monoisotopic (exact) mass is 236 g/mol. The standard InChI is InChI=1S/2C4H10.C4H8.4CH4/c3*1-3-4-2;;;;/h2*3-4H2,1-2H3;3-4H,1-2H3;4*1H4. The number of hydrogen-bond donors (Lipinski definition) is 0. The van der Waals surface area contributed by atoms with Gasteiger partial charge in [-0.3, -0.25) is 0 Å². The van der Waals surface area contributed by atoms with Crippen LogP contribution in [0.5, 0.6) is 0 Å². The van der Waals surface area contributed by atoms with Crippen LogP contribution in [-0.4, -0.2) is 0 Å². The molecule has 0 fully saturated rings. The van der Waals surface area contributed by atoms with Crippen molar-refractivity contribution in [3.63, 3.8) is 0 Å². The van der Waals surface area contributed by atoms with Gasteiger partial charge >= 0.3 is 0 Å². The molecule has 0 amide bonds. The van der Waals surface area contributed by atoms with Crippen molar-refractivity contribution in [1.82, 2.24) is 0 Å². The Kier molecular flexibility index (Phi) is 236. The molecule has 0 saturated carbocycles. The second-order valence-electron chi connectivity index (χ2n) is 2.67. The summed E-state index contributed by atoms with van der Waals surface area (Å²) in [4.78, 5) is 0. The lowest BCUT2D eigenvalue weighted by atomic mass is 10.4. The summed E-state index contributed by atoms with van der Waals surface area (Å²) in [7, 11) is 0. The van der Waals surface area contributed by atoms with Crippen LogP contribution in [0.3, 0.4) is 0 Å². The van der Waals surface area contributed by atoms with Crippen molar-refractivity contribution >= 4 is 0 Å². The second kappa shape index (κ2) is 84.5. The van der Waals surface area contributed by atoms with Gasteiger partial charge in [-0.25, -0.2) is 0 Å². The van der Waals surface area contributed by atoms with Gasteiger partial charge in [0, 0.05) is 0 Å². The van der Waals surface area contributed by atoms with Gasteiger partial charge in [-0.15, -0.1) is 0 Å². The molecule has 0 unspecified atom stereocenters. The third-order valence-electron chi connectivity index (χ3n) is 1.33. The van der Waals surface area contributed by atoms with E-state index in [4.69, 9.17) is 0 Å². The first-order valence-electron chi connectivity index (χ1n) is 5.32. The van der Waals surface area contributed by atoms with Gasteiger partial charge in [0.25, 0.3) is 0 Å². The summed E-state index contributed by atoms with van der Waals surface area (Å²) < 4.78 is 0. The zero-order chi connectivity index (χ0) is 10.2. The number of rotatable bonds is 2. The maximum atomic E-state index is 2.18. The van der Waals surface area contributed by atoms with E-state index in [1.54, 1.807) is 0 Å². The average molecular weight is 237 g/mol. The third kappa shape index (κ3) is 297. The van der Waals surface area contributed by atoms with E-state index in [1.165, 1.54) is 25.7 Å². The van der Waals surface area contributed by atoms with Crippen LogP contribution in [0, 0.1) is 0 Å². The fraction of sp³-hybridized carbons (Fsp3) is 0.875. The minimum Gasteiger partial charge on any atom is -0.0919 e. The van der Waals surface area contributed by atoms with Gasteiger partial charge in [0.05, 0.1) is 0 Å². The smallest absolute Gasteiger partial charge is 0.0470 e. The number of unbranched alkanes of at least 4 members (excludes halogenated alkanes) is 2. The van der Waals surface area contributed by atoms with Crippen molar-refractivity contribution in [3.8, 4) is 0 Å². The molecule has 0 saturated heterocycles. The lowest BCUT2D eigenvalue weighted by Gasteiger charge is -1.68. The molecule has 0 aliphatic carbocycles. The van der Waals surface area contributed by atoms with Gasteiger partial charge in [0.15, 0.2) is 0 Å². The SMILES string of the molecule is C.C.C.C.CC=CC.CCCC.CCCC. The Balaban J connectivity index is -0.0000000135. The van der Waals surface area contributed by atoms with Gasteiger partial charge in [-0.1, -0.05) is 95.2 Å². The van der Waals surface area contributed by atoms with Crippen LogP contribution in [-0.2, 0) is 0 Å². The summed E-state index contributed by atoms with van der Waals surface area (Å²) >= 11 is 0. The Morgan fingerprint density at radius 3 is 0.625 bits per heavy atom. The van der Waals surface area contributed by atoms with Crippen LogP contribution in [0.25, 0.3) is 0 Å². The predicted octanol–water partition coefficient (Wildman–Crippen LogP) is 7.74. The van der Waals surface area contributed by atoms with E-state index >= 15 is 0 Å². The van der Waals surface area contributed by atoms with Crippen LogP contribution in [0.15, 0.2) is 12.2 Å². The molecule has 0 aromatic heterocycles. The number of hydrogen-bond acceptors (Lipinski definition) is 0. The van der Waals surface area contributed by atoms with E-state index in [0.29, 0.717) is 0 Å². The first-order chi connectivity index (χ1) is 5.74. The van der Waals surface area contributed by atoms with E-state index in [9.17, 15) is 0 Å². The molecular formula is C16H44. The molecule has 0 aromatic rings. The van der Waals surface area contributed by atoms with Crippen LogP contribution in [0.1, 0.15) is 96.9 Å². The van der Waals surface area contributed by atoms with Crippen LogP contribution >= 0.6 is 0 Å². The molecule has 0 radical (unpaired) electrons. The zero-order valence-corrected chi connectivity index (χ0v) is 9.98. The fourth-order valence-corrected chi connectivity index (χ4v) is 0. The highest BCUT2D eigenvalue weighted by Crippen LogP contribution is 1.77. The molecule has 0 spiro atoms. The van der Waals surface area contributed by atoms with Gasteiger partial charge in [0.2, 0.25) is 0 Å². The Morgan fingerprint density at radius 1 is 0.500 bits per heavy atom. The van der Waals surface area contributed by atoms with E-state index < -0.39 is 0 Å². The molecule has 0 nitrogen and oxygen atoms in total. The lowest BCUT2D eigenvalue weighted by Crippen LogP contribution is -1.47. The molecule has 108 valence electrons. The van der Waals surface area contributed by atoms with E-state index in [-0.39, 0.29) is 29.7 Å². The predicted molar refractivity (Wildman–Crippen MR) is 88.6 cm³/mol. The molecule has 16 heavy (non-hydrogen) atoms. The average Bonchev–Trinajstić information content (AvgIpc) is 2.18. The van der Waals surface area contributed by atoms with Gasteiger partial charge in [-0.2, -0.15) is 0 Å². The first-order valence-corrected chi connectivity index (χ1v) is 5.32. The van der Waals surface area contributed by atoms with E-state index in [0.717, 1.165) is 0 Å². The topological polar surface area (TPSA) is 0 Å². The second-order valence-corrected chi connectivity index (χ2v) is 2.67. The maximum Gasteiger partial charge on any atom is -0.0470 e. The number of allylic oxidation sites excluding steroid dienone is 2. The molecule has 0 atom stereocenters. The summed E-state index contributed by atoms with van der Waals surface area (Å²) in [5.74, 6) is 0. The summed E-state index contributed by atoms with van der Waals surface area (Å²) in [6, 6.07) is 0. The van der Waals surface area contributed by atoms with Gasteiger partial charge < -0.3 is 0 Å². The Labute approximate surface area is 110 Å². The Bertz CT molecular complexity index is 41.1. The fourth-order valence-electron chi connectivity index (χ4n) is 0. The van der Waals surface area contributed by atoms with Crippen molar-refractivity contribution in [2.45, 2.75) is 96.9 Å². The highest BCUT2D eigenvalue weighted by atomic mass is 13.6. The summed E-state index contributed by atoms with van der Waals surface area (Å²) in [6.07, 6.45) is 9.28. The normalized spacial score (nSPS) is 6.12. The van der Waals surface area contributed by atoms with Gasteiger partial charge in [-0.05, 0) is 13.8 Å². The van der Waals surface area contributed by atoms with Crippen LogP contribution in [0.2, 0.25) is 0 Å². The molecular weight excluding hydrogens is 192 g/mol. The molecule has 0 rings (SSSR count). The first kappa shape index (κ1) is 44.8. The summed E-state index contributed by atoms with van der Waals surface area (Å²) in [6.45, 7) is 12.7. The third-order valence-corrected chi connectivity index (χ3v) is 1.33. The van der Waals surface area contributed by atoms with E-state index in [2.05, 4.69) is 27.7 Å². The molecule has 0 aliphatic rings. The zero-order valence-electron chi connectivity index (χ0n) is 9.98. The molecule has 0 bridgehead atoms. The lowest BCUT2D eigenvalue weighted by molar-refractivity contribution is 0.886. The molecule has 0 heteroatoms. The van der Waals surface area contributed by atoms with Crippen molar-refractivity contribution in [2.75, 3.05) is 0 Å². The van der Waals surface area contributed by atoms with Crippen molar-refractivity contribution in [1.29, 1.82) is 0 Å². The van der Waals surface area contributed by atoms with Crippen molar-refractivity contribution in [2.24, 2.45) is 0 Å². The minimum atomic E-state index is 0. The van der Waals surface area contributed by atoms with Crippen LogP contribution < -0.4 is 0 Å². The molecule has 0 N–H and O–H groups in total. The van der Waals surface area contributed by atoms with Crippen LogP contribution in [0.4, 0.5) is 0 Å². The largest absolute Gasteiger partial charge is 0.0919 e. The quantitative estimate of drug-likeness (QED) is 0.430. The van der Waals surface area contributed by atoms with Crippen molar-refractivity contribution in [3.05, 3.63) is 12.2 Å². The molecule has 0 aliphatic heterocycles. The molecule has 0 heterocycles. The van der Waals surface area contributed by atoms with E-state index in [1.807, 2.05) is 26.0 Å². The van der Waals surface area contributed by atoms with Crippen molar-refractivity contribution < 1.29 is 0 Å². The maximum absolute atomic E-state index is 2.18. The highest BCUT2D eigenvalue weighted by Gasteiger charge is 1.56. The Morgan fingerprint density at radius 2 is 0.625 bits per heavy atom. The molecule has 0 aromatic carbocycles. The summed E-state index contributed by atoms with van der Waals surface area (Å²) in [5.41, 5.74) is 0.